The molecule has 3 nitrogen and oxygen atoms in total. The van der Waals surface area contributed by atoms with Gasteiger partial charge in [-0.3, -0.25) is 4.79 Å². The van der Waals surface area contributed by atoms with Crippen LogP contribution in [-0.4, -0.2) is 21.8 Å². The van der Waals surface area contributed by atoms with Gasteiger partial charge in [-0.25, -0.2) is 4.98 Å². The quantitative estimate of drug-likeness (QED) is 0.757. The Morgan fingerprint density at radius 3 is 2.88 bits per heavy atom. The first-order valence-electron chi connectivity index (χ1n) is 6.05. The van der Waals surface area contributed by atoms with Crippen molar-refractivity contribution >= 4 is 17.5 Å². The number of carbonyl (C=O) groups is 1. The minimum absolute atomic E-state index is 0.0527. The number of aryl methyl sites for hydroxylation is 1. The topological polar surface area (TPSA) is 33.2 Å². The Hall–Kier alpha value is -1.09. The van der Waals surface area contributed by atoms with E-state index in [4.69, 9.17) is 11.6 Å². The largest absolute Gasteiger partial charge is 0.331 e. The molecule has 1 aromatic heterocycles. The van der Waals surface area contributed by atoms with Crippen molar-refractivity contribution in [2.24, 2.45) is 5.92 Å². The second kappa shape index (κ2) is 3.70. The third kappa shape index (κ3) is 1.73. The van der Waals surface area contributed by atoms with E-state index in [-0.39, 0.29) is 5.91 Å². The highest BCUT2D eigenvalue weighted by Gasteiger charge is 2.39. The van der Waals surface area contributed by atoms with E-state index in [1.807, 2.05) is 17.9 Å². The molecule has 1 atom stereocenters. The molecule has 2 aliphatic rings. The molecular formula is C13H15ClN2O. The van der Waals surface area contributed by atoms with Gasteiger partial charge in [0.2, 0.25) is 0 Å². The average molecular weight is 251 g/mol. The standard InChI is InChI=1S/C13H15ClN2O/c1-7-5-10-6-16(8(2)9-3-4-9)13(17)11(10)12(14)15-7/h5,8-9H,3-4,6H2,1-2H3/t8-/m0/s1. The maximum absolute atomic E-state index is 12.3. The fourth-order valence-electron chi connectivity index (χ4n) is 2.61. The molecule has 2 heterocycles. The average Bonchev–Trinajstić information content (AvgIpc) is 3.03. The highest BCUT2D eigenvalue weighted by molar-refractivity contribution is 6.33. The van der Waals surface area contributed by atoms with Crippen LogP contribution in [0, 0.1) is 12.8 Å². The van der Waals surface area contributed by atoms with Gasteiger partial charge < -0.3 is 4.90 Å². The van der Waals surface area contributed by atoms with Gasteiger partial charge in [0.25, 0.3) is 5.91 Å². The smallest absolute Gasteiger partial charge is 0.257 e. The second-order valence-corrected chi connectivity index (χ2v) is 5.46. The van der Waals surface area contributed by atoms with Crippen LogP contribution in [0.15, 0.2) is 6.07 Å². The minimum atomic E-state index is 0.0527. The molecule has 1 fully saturated rings. The summed E-state index contributed by atoms with van der Waals surface area (Å²) in [5.41, 5.74) is 2.52. The monoisotopic (exact) mass is 250 g/mol. The Labute approximate surface area is 106 Å². The summed E-state index contributed by atoms with van der Waals surface area (Å²) >= 11 is 6.08. The lowest BCUT2D eigenvalue weighted by molar-refractivity contribution is 0.0697. The van der Waals surface area contributed by atoms with Crippen molar-refractivity contribution in [1.29, 1.82) is 0 Å². The van der Waals surface area contributed by atoms with Crippen molar-refractivity contribution in [2.45, 2.75) is 39.3 Å². The molecule has 1 amide bonds. The van der Waals surface area contributed by atoms with Crippen LogP contribution in [-0.2, 0) is 6.54 Å². The Balaban J connectivity index is 1.96. The van der Waals surface area contributed by atoms with E-state index in [1.165, 1.54) is 12.8 Å². The number of hydrogen-bond acceptors (Lipinski definition) is 2. The number of amides is 1. The molecule has 0 bridgehead atoms. The summed E-state index contributed by atoms with van der Waals surface area (Å²) < 4.78 is 0. The number of hydrogen-bond donors (Lipinski definition) is 0. The number of halogens is 1. The Morgan fingerprint density at radius 1 is 1.53 bits per heavy atom. The molecule has 0 spiro atoms. The minimum Gasteiger partial charge on any atom is -0.331 e. The van der Waals surface area contributed by atoms with Crippen LogP contribution in [0.1, 0.15) is 41.4 Å². The summed E-state index contributed by atoms with van der Waals surface area (Å²) in [4.78, 5) is 18.4. The maximum atomic E-state index is 12.3. The van der Waals surface area contributed by atoms with Crippen LogP contribution < -0.4 is 0 Å². The Bertz CT molecular complexity index is 496. The molecule has 17 heavy (non-hydrogen) atoms. The lowest BCUT2D eigenvalue weighted by Crippen LogP contribution is -2.34. The lowest BCUT2D eigenvalue weighted by Gasteiger charge is -2.23. The summed E-state index contributed by atoms with van der Waals surface area (Å²) in [7, 11) is 0. The van der Waals surface area contributed by atoms with Crippen LogP contribution in [0.25, 0.3) is 0 Å². The van der Waals surface area contributed by atoms with Crippen molar-refractivity contribution in [3.05, 3.63) is 28.0 Å². The Kier molecular flexibility index (Phi) is 2.40. The van der Waals surface area contributed by atoms with Gasteiger partial charge >= 0.3 is 0 Å². The molecule has 1 aliphatic carbocycles. The molecule has 0 N–H and O–H groups in total. The maximum Gasteiger partial charge on any atom is 0.257 e. The van der Waals surface area contributed by atoms with Gasteiger partial charge in [0.15, 0.2) is 0 Å². The van der Waals surface area contributed by atoms with Gasteiger partial charge in [-0.1, -0.05) is 11.6 Å². The van der Waals surface area contributed by atoms with Gasteiger partial charge in [-0.2, -0.15) is 0 Å². The molecule has 0 aromatic carbocycles. The number of rotatable bonds is 2. The fraction of sp³-hybridized carbons (Fsp3) is 0.538. The van der Waals surface area contributed by atoms with E-state index >= 15 is 0 Å². The van der Waals surface area contributed by atoms with Crippen molar-refractivity contribution in [2.75, 3.05) is 0 Å². The van der Waals surface area contributed by atoms with Crippen molar-refractivity contribution in [3.8, 4) is 0 Å². The molecule has 0 saturated heterocycles. The molecule has 0 unspecified atom stereocenters. The molecule has 0 radical (unpaired) electrons. The Morgan fingerprint density at radius 2 is 2.24 bits per heavy atom. The summed E-state index contributed by atoms with van der Waals surface area (Å²) in [6.45, 7) is 4.73. The number of nitrogens with zero attached hydrogens (tertiary/aromatic N) is 2. The molecule has 4 heteroatoms. The third-order valence-electron chi connectivity index (χ3n) is 3.80. The molecule has 3 rings (SSSR count). The second-order valence-electron chi connectivity index (χ2n) is 5.10. The van der Waals surface area contributed by atoms with Gasteiger partial charge in [-0.05, 0) is 44.2 Å². The van der Waals surface area contributed by atoms with Crippen LogP contribution in [0.4, 0.5) is 0 Å². The first kappa shape index (κ1) is 11.0. The first-order chi connectivity index (χ1) is 8.08. The normalized spacial score (nSPS) is 20.6. The van der Waals surface area contributed by atoms with Crippen molar-refractivity contribution < 1.29 is 4.79 Å². The van der Waals surface area contributed by atoms with Gasteiger partial charge in [-0.15, -0.1) is 0 Å². The van der Waals surface area contributed by atoms with Crippen molar-refractivity contribution in [1.82, 2.24) is 9.88 Å². The van der Waals surface area contributed by atoms with Gasteiger partial charge in [0.1, 0.15) is 5.15 Å². The fourth-order valence-corrected chi connectivity index (χ4v) is 2.95. The SMILES string of the molecule is Cc1cc2c(c(Cl)n1)C(=O)N([C@@H](C)C1CC1)C2. The molecule has 1 saturated carbocycles. The summed E-state index contributed by atoms with van der Waals surface area (Å²) in [5.74, 6) is 0.734. The highest BCUT2D eigenvalue weighted by atomic mass is 35.5. The predicted molar refractivity (Wildman–Crippen MR) is 66.0 cm³/mol. The van der Waals surface area contributed by atoms with E-state index in [9.17, 15) is 4.79 Å². The van der Waals surface area contributed by atoms with E-state index in [0.29, 0.717) is 29.2 Å². The van der Waals surface area contributed by atoms with Crippen LogP contribution in [0.5, 0.6) is 0 Å². The zero-order valence-electron chi connectivity index (χ0n) is 10.0. The number of carbonyl (C=O) groups excluding carboxylic acids is 1. The van der Waals surface area contributed by atoms with Crippen LogP contribution >= 0.6 is 11.6 Å². The first-order valence-corrected chi connectivity index (χ1v) is 6.42. The lowest BCUT2D eigenvalue weighted by atomic mass is 10.1. The van der Waals surface area contributed by atoms with Crippen LogP contribution in [0.2, 0.25) is 5.15 Å². The number of aromatic nitrogens is 1. The molecule has 1 aliphatic heterocycles. The van der Waals surface area contributed by atoms with Gasteiger partial charge in [0.05, 0.1) is 5.56 Å². The molecular weight excluding hydrogens is 236 g/mol. The van der Waals surface area contributed by atoms with Gasteiger partial charge in [0, 0.05) is 18.3 Å². The predicted octanol–water partition coefficient (Wildman–Crippen LogP) is 2.80. The van der Waals surface area contributed by atoms with E-state index in [1.54, 1.807) is 0 Å². The third-order valence-corrected chi connectivity index (χ3v) is 4.07. The summed E-state index contributed by atoms with van der Waals surface area (Å²) in [6, 6.07) is 2.30. The van der Waals surface area contributed by atoms with E-state index < -0.39 is 0 Å². The van der Waals surface area contributed by atoms with E-state index in [2.05, 4.69) is 11.9 Å². The zero-order chi connectivity index (χ0) is 12.2. The highest BCUT2D eigenvalue weighted by Crippen LogP contribution is 2.39. The molecule has 90 valence electrons. The van der Waals surface area contributed by atoms with Crippen LogP contribution in [0.3, 0.4) is 0 Å². The zero-order valence-corrected chi connectivity index (χ0v) is 10.8. The number of fused-ring (bicyclic) bond motifs is 1. The number of pyridine rings is 1. The summed E-state index contributed by atoms with van der Waals surface area (Å²) in [5, 5.41) is 0.357. The van der Waals surface area contributed by atoms with Crippen molar-refractivity contribution in [3.63, 3.8) is 0 Å². The molecule has 1 aromatic rings. The van der Waals surface area contributed by atoms with E-state index in [0.717, 1.165) is 11.3 Å². The summed E-state index contributed by atoms with van der Waals surface area (Å²) in [6.07, 6.45) is 2.48.